The predicted octanol–water partition coefficient (Wildman–Crippen LogP) is 8.43. The van der Waals surface area contributed by atoms with Gasteiger partial charge in [0.25, 0.3) is 0 Å². The molecule has 0 saturated carbocycles. The Balaban J connectivity index is 1.69. The maximum Gasteiger partial charge on any atom is 0.410 e. The van der Waals surface area contributed by atoms with Crippen molar-refractivity contribution in [3.63, 3.8) is 0 Å². The first-order chi connectivity index (χ1) is 16.7. The molecular weight excluding hydrogens is 496 g/mol. The van der Waals surface area contributed by atoms with Crippen LogP contribution in [0.3, 0.4) is 0 Å². The Hall–Kier alpha value is -2.22. The molecule has 4 atom stereocenters. The molecule has 2 aromatic carbocycles. The fourth-order valence-electron chi connectivity index (χ4n) is 4.82. The lowest BCUT2D eigenvalue weighted by molar-refractivity contribution is -0.173. The summed E-state index contributed by atoms with van der Waals surface area (Å²) >= 11 is 12.5. The molecule has 4 nitrogen and oxygen atoms in total. The van der Waals surface area contributed by atoms with E-state index in [1.54, 1.807) is 12.3 Å². The van der Waals surface area contributed by atoms with Crippen molar-refractivity contribution in [2.45, 2.75) is 69.9 Å². The predicted molar refractivity (Wildman–Crippen MR) is 135 cm³/mol. The second-order valence-corrected chi connectivity index (χ2v) is 9.84. The quantitative estimate of drug-likeness (QED) is 0.310. The van der Waals surface area contributed by atoms with Crippen LogP contribution in [-0.2, 0) is 0 Å². The van der Waals surface area contributed by atoms with Crippen molar-refractivity contribution in [2.75, 3.05) is 5.32 Å². The van der Waals surface area contributed by atoms with Crippen LogP contribution in [0.1, 0.15) is 80.4 Å². The van der Waals surface area contributed by atoms with Gasteiger partial charge >= 0.3 is 6.18 Å². The van der Waals surface area contributed by atoms with Crippen LogP contribution >= 0.6 is 23.2 Å². The minimum Gasteiger partial charge on any atom is -0.363 e. The second kappa shape index (κ2) is 10.8. The van der Waals surface area contributed by atoms with Crippen LogP contribution in [0.15, 0.2) is 54.7 Å². The number of nitrogens with one attached hydrogen (secondary N) is 2. The zero-order valence-corrected chi connectivity index (χ0v) is 21.1. The highest BCUT2D eigenvalue weighted by atomic mass is 35.5. The fraction of sp³-hybridized carbons (Fsp3) is 0.423. The molecule has 9 heteroatoms. The van der Waals surface area contributed by atoms with Crippen molar-refractivity contribution in [1.82, 2.24) is 15.1 Å². The number of aromatic nitrogens is 2. The molecule has 0 spiro atoms. The summed E-state index contributed by atoms with van der Waals surface area (Å²) in [5, 5.41) is 12.3. The Kier molecular flexibility index (Phi) is 7.99. The molecule has 4 unspecified atom stereocenters. The Morgan fingerprint density at radius 1 is 1.09 bits per heavy atom. The third-order valence-corrected chi connectivity index (χ3v) is 6.96. The van der Waals surface area contributed by atoms with Crippen LogP contribution in [0.25, 0.3) is 0 Å². The molecule has 35 heavy (non-hydrogen) atoms. The third-order valence-electron chi connectivity index (χ3n) is 6.52. The summed E-state index contributed by atoms with van der Waals surface area (Å²) in [6.07, 6.45) is -0.572. The molecule has 2 heterocycles. The first-order valence-electron chi connectivity index (χ1n) is 11.9. The molecule has 0 saturated heterocycles. The van der Waals surface area contributed by atoms with Gasteiger partial charge in [-0.05, 0) is 42.2 Å². The Labute approximate surface area is 213 Å². The van der Waals surface area contributed by atoms with Gasteiger partial charge in [-0.1, -0.05) is 73.8 Å². The van der Waals surface area contributed by atoms with E-state index in [0.717, 1.165) is 34.2 Å². The van der Waals surface area contributed by atoms with Gasteiger partial charge in [0, 0.05) is 34.1 Å². The molecule has 1 aromatic heterocycles. The lowest BCUT2D eigenvalue weighted by atomic mass is 9.95. The summed E-state index contributed by atoms with van der Waals surface area (Å²) in [5.41, 5.74) is 2.49. The molecule has 0 fully saturated rings. The van der Waals surface area contributed by atoms with Crippen molar-refractivity contribution in [2.24, 2.45) is 0 Å². The van der Waals surface area contributed by atoms with Crippen molar-refractivity contribution in [3.05, 3.63) is 81.5 Å². The first kappa shape index (κ1) is 25.9. The van der Waals surface area contributed by atoms with Crippen LogP contribution in [0.4, 0.5) is 19.0 Å². The fourth-order valence-corrected chi connectivity index (χ4v) is 5.37. The van der Waals surface area contributed by atoms with E-state index in [1.165, 1.54) is 0 Å². The SMILES string of the molecule is CCCC(NC(CC)c1cnn2c1NC(c1ccccc1)CC2C(F)(F)F)c1cc(Cl)cc(Cl)c1. The highest BCUT2D eigenvalue weighted by Crippen LogP contribution is 2.45. The van der Waals surface area contributed by atoms with Crippen LogP contribution < -0.4 is 10.6 Å². The van der Waals surface area contributed by atoms with Gasteiger partial charge in [-0.15, -0.1) is 0 Å². The molecule has 2 N–H and O–H groups in total. The van der Waals surface area contributed by atoms with Gasteiger partial charge in [0.1, 0.15) is 5.82 Å². The molecule has 3 aromatic rings. The number of hydrogen-bond acceptors (Lipinski definition) is 3. The van der Waals surface area contributed by atoms with Gasteiger partial charge in [0.05, 0.1) is 12.2 Å². The molecule has 0 bridgehead atoms. The number of fused-ring (bicyclic) bond motifs is 1. The van der Waals surface area contributed by atoms with E-state index >= 15 is 0 Å². The Bertz CT molecular complexity index is 1110. The first-order valence-corrected chi connectivity index (χ1v) is 12.6. The van der Waals surface area contributed by atoms with Crippen LogP contribution in [0.5, 0.6) is 0 Å². The van der Waals surface area contributed by atoms with Gasteiger partial charge in [-0.25, -0.2) is 4.68 Å². The molecule has 0 radical (unpaired) electrons. The average Bonchev–Trinajstić information content (AvgIpc) is 3.24. The van der Waals surface area contributed by atoms with Gasteiger partial charge < -0.3 is 10.6 Å². The zero-order chi connectivity index (χ0) is 25.2. The van der Waals surface area contributed by atoms with Gasteiger partial charge in [0.15, 0.2) is 6.04 Å². The van der Waals surface area contributed by atoms with E-state index in [1.807, 2.05) is 49.4 Å². The van der Waals surface area contributed by atoms with E-state index in [9.17, 15) is 13.2 Å². The molecule has 1 aliphatic rings. The molecule has 0 amide bonds. The maximum atomic E-state index is 14.1. The minimum absolute atomic E-state index is 0.0661. The van der Waals surface area contributed by atoms with Crippen molar-refractivity contribution in [3.8, 4) is 0 Å². The van der Waals surface area contributed by atoms with E-state index < -0.39 is 18.3 Å². The highest BCUT2D eigenvalue weighted by Gasteiger charge is 2.47. The van der Waals surface area contributed by atoms with E-state index in [0.29, 0.717) is 22.3 Å². The summed E-state index contributed by atoms with van der Waals surface area (Å²) in [5.74, 6) is 0.408. The molecule has 4 rings (SSSR count). The summed E-state index contributed by atoms with van der Waals surface area (Å²) in [7, 11) is 0. The lowest BCUT2D eigenvalue weighted by Gasteiger charge is -2.35. The second-order valence-electron chi connectivity index (χ2n) is 8.97. The molecular formula is C26H29Cl2F3N4. The van der Waals surface area contributed by atoms with E-state index in [-0.39, 0.29) is 18.5 Å². The summed E-state index contributed by atoms with van der Waals surface area (Å²) in [6, 6.07) is 12.2. The van der Waals surface area contributed by atoms with Crippen molar-refractivity contribution < 1.29 is 13.2 Å². The zero-order valence-electron chi connectivity index (χ0n) is 19.6. The summed E-state index contributed by atoms with van der Waals surface area (Å²) < 4.78 is 43.3. The number of hydrogen-bond donors (Lipinski definition) is 2. The van der Waals surface area contributed by atoms with Crippen LogP contribution in [-0.4, -0.2) is 16.0 Å². The standard InChI is InChI=1S/C26H29Cl2F3N4/c1-3-8-22(17-11-18(27)13-19(28)12-17)33-21(4-2)20-15-32-35-24(26(29,30)31)14-23(34-25(20)35)16-9-6-5-7-10-16/h5-7,9-13,15,21-24,33-34H,3-4,8,14H2,1-2H3. The van der Waals surface area contributed by atoms with Gasteiger partial charge in [-0.3, -0.25) is 0 Å². The normalized spacial score (nSPS) is 19.6. The number of halogens is 5. The van der Waals surface area contributed by atoms with E-state index in [4.69, 9.17) is 23.2 Å². The monoisotopic (exact) mass is 524 g/mol. The Morgan fingerprint density at radius 2 is 1.77 bits per heavy atom. The van der Waals surface area contributed by atoms with Gasteiger partial charge in [-0.2, -0.15) is 18.3 Å². The largest absolute Gasteiger partial charge is 0.410 e. The lowest BCUT2D eigenvalue weighted by Crippen LogP contribution is -2.36. The minimum atomic E-state index is -4.41. The highest BCUT2D eigenvalue weighted by molar-refractivity contribution is 6.34. The van der Waals surface area contributed by atoms with Crippen LogP contribution in [0.2, 0.25) is 10.0 Å². The van der Waals surface area contributed by atoms with E-state index in [2.05, 4.69) is 22.7 Å². The molecule has 188 valence electrons. The number of alkyl halides is 3. The van der Waals surface area contributed by atoms with Crippen LogP contribution in [0, 0.1) is 0 Å². The topological polar surface area (TPSA) is 41.9 Å². The third kappa shape index (κ3) is 5.79. The summed E-state index contributed by atoms with van der Waals surface area (Å²) in [6.45, 7) is 4.10. The number of rotatable bonds is 8. The maximum absolute atomic E-state index is 14.1. The molecule has 0 aliphatic carbocycles. The van der Waals surface area contributed by atoms with Gasteiger partial charge in [0.2, 0.25) is 0 Å². The summed E-state index contributed by atoms with van der Waals surface area (Å²) in [4.78, 5) is 0. The average molecular weight is 525 g/mol. The number of benzene rings is 2. The van der Waals surface area contributed by atoms with Crippen molar-refractivity contribution in [1.29, 1.82) is 0 Å². The smallest absolute Gasteiger partial charge is 0.363 e. The Morgan fingerprint density at radius 3 is 2.37 bits per heavy atom. The molecule has 1 aliphatic heterocycles. The number of anilines is 1. The number of nitrogens with zero attached hydrogens (tertiary/aromatic N) is 2. The van der Waals surface area contributed by atoms with Crippen molar-refractivity contribution >= 4 is 29.0 Å².